The smallest absolute Gasteiger partial charge is 0.227 e. The lowest BCUT2D eigenvalue weighted by Crippen LogP contribution is -2.28. The van der Waals surface area contributed by atoms with Crippen molar-refractivity contribution in [2.45, 2.75) is 26.2 Å². The molecule has 3 heteroatoms. The first-order valence-corrected chi connectivity index (χ1v) is 7.82. The monoisotopic (exact) mass is 295 g/mol. The number of amides is 1. The highest BCUT2D eigenvalue weighted by molar-refractivity contribution is 5.95. The first kappa shape index (κ1) is 14.6. The zero-order valence-corrected chi connectivity index (χ0v) is 12.9. The van der Waals surface area contributed by atoms with Crippen molar-refractivity contribution in [2.24, 2.45) is 0 Å². The summed E-state index contributed by atoms with van der Waals surface area (Å²) in [6, 6.07) is 16.1. The molecule has 0 unspecified atom stereocenters. The fourth-order valence-electron chi connectivity index (χ4n) is 2.78. The van der Waals surface area contributed by atoms with Crippen molar-refractivity contribution in [3.63, 3.8) is 0 Å². The molecule has 0 fully saturated rings. The minimum Gasteiger partial charge on any atom is -0.494 e. The molecule has 0 bridgehead atoms. The van der Waals surface area contributed by atoms with Crippen LogP contribution in [0.15, 0.2) is 48.5 Å². The number of fused-ring (bicyclic) bond motifs is 1. The minimum atomic E-state index is 0.192. The van der Waals surface area contributed by atoms with Crippen LogP contribution in [0.4, 0.5) is 5.69 Å². The van der Waals surface area contributed by atoms with Gasteiger partial charge in [0.05, 0.1) is 6.61 Å². The Hall–Kier alpha value is -2.29. The van der Waals surface area contributed by atoms with Gasteiger partial charge >= 0.3 is 0 Å². The van der Waals surface area contributed by atoms with Gasteiger partial charge < -0.3 is 9.64 Å². The van der Waals surface area contributed by atoms with E-state index in [0.717, 1.165) is 30.8 Å². The third kappa shape index (κ3) is 3.30. The van der Waals surface area contributed by atoms with Crippen molar-refractivity contribution in [3.05, 3.63) is 59.7 Å². The highest BCUT2D eigenvalue weighted by Gasteiger charge is 2.23. The quantitative estimate of drug-likeness (QED) is 0.786. The molecule has 0 radical (unpaired) electrons. The van der Waals surface area contributed by atoms with E-state index in [2.05, 4.69) is 13.0 Å². The molecule has 0 atom stereocenters. The lowest BCUT2D eigenvalue weighted by atomic mass is 10.2. The molecule has 2 aromatic carbocycles. The Balaban J connectivity index is 1.46. The molecule has 2 aromatic rings. The zero-order chi connectivity index (χ0) is 15.4. The van der Waals surface area contributed by atoms with Crippen LogP contribution in [-0.4, -0.2) is 19.1 Å². The lowest BCUT2D eigenvalue weighted by Gasteiger charge is -2.17. The molecular weight excluding hydrogens is 274 g/mol. The predicted octanol–water partition coefficient (Wildman–Crippen LogP) is 3.74. The number of anilines is 1. The van der Waals surface area contributed by atoms with Crippen LogP contribution in [0.25, 0.3) is 0 Å². The third-order valence-corrected chi connectivity index (χ3v) is 4.01. The zero-order valence-electron chi connectivity index (χ0n) is 12.9. The van der Waals surface area contributed by atoms with Gasteiger partial charge in [-0.3, -0.25) is 4.79 Å². The van der Waals surface area contributed by atoms with Gasteiger partial charge in [-0.25, -0.2) is 0 Å². The summed E-state index contributed by atoms with van der Waals surface area (Å²) in [6.45, 7) is 3.43. The Morgan fingerprint density at radius 2 is 1.91 bits per heavy atom. The summed E-state index contributed by atoms with van der Waals surface area (Å²) in [7, 11) is 0. The predicted molar refractivity (Wildman–Crippen MR) is 88.4 cm³/mol. The van der Waals surface area contributed by atoms with E-state index in [1.165, 1.54) is 11.1 Å². The number of rotatable bonds is 5. The van der Waals surface area contributed by atoms with Crippen molar-refractivity contribution in [3.8, 4) is 5.75 Å². The summed E-state index contributed by atoms with van der Waals surface area (Å²) < 4.78 is 5.67. The van der Waals surface area contributed by atoms with Gasteiger partial charge in [-0.15, -0.1) is 0 Å². The second-order valence-electron chi connectivity index (χ2n) is 5.69. The van der Waals surface area contributed by atoms with Gasteiger partial charge in [-0.05, 0) is 43.5 Å². The second-order valence-corrected chi connectivity index (χ2v) is 5.69. The summed E-state index contributed by atoms with van der Waals surface area (Å²) in [4.78, 5) is 14.2. The average Bonchev–Trinajstić information content (AvgIpc) is 2.97. The number of para-hydroxylation sites is 1. The first-order valence-electron chi connectivity index (χ1n) is 7.82. The lowest BCUT2D eigenvalue weighted by molar-refractivity contribution is -0.118. The molecule has 3 rings (SSSR count). The standard InChI is InChI=1S/C19H21NO2/c1-15-8-10-17(11-9-15)22-14-4-7-19(21)20-13-12-16-5-2-3-6-18(16)20/h2-3,5-6,8-11H,4,7,12-14H2,1H3. The molecule has 1 aliphatic rings. The van der Waals surface area contributed by atoms with Crippen molar-refractivity contribution in [1.82, 2.24) is 0 Å². The maximum Gasteiger partial charge on any atom is 0.227 e. The summed E-state index contributed by atoms with van der Waals surface area (Å²) in [5.74, 6) is 1.06. The van der Waals surface area contributed by atoms with Gasteiger partial charge in [-0.2, -0.15) is 0 Å². The van der Waals surface area contributed by atoms with Crippen LogP contribution in [0.1, 0.15) is 24.0 Å². The molecule has 0 aromatic heterocycles. The van der Waals surface area contributed by atoms with Gasteiger partial charge in [0.25, 0.3) is 0 Å². The Labute approximate surface area is 131 Å². The topological polar surface area (TPSA) is 29.5 Å². The van der Waals surface area contributed by atoms with E-state index in [0.29, 0.717) is 13.0 Å². The summed E-state index contributed by atoms with van der Waals surface area (Å²) in [5.41, 5.74) is 3.56. The van der Waals surface area contributed by atoms with Crippen LogP contribution in [0, 0.1) is 6.92 Å². The van der Waals surface area contributed by atoms with E-state index in [9.17, 15) is 4.79 Å². The number of carbonyl (C=O) groups is 1. The molecular formula is C19H21NO2. The minimum absolute atomic E-state index is 0.192. The van der Waals surface area contributed by atoms with Crippen molar-refractivity contribution >= 4 is 11.6 Å². The number of nitrogens with zero attached hydrogens (tertiary/aromatic N) is 1. The Kier molecular flexibility index (Phi) is 4.42. The summed E-state index contributed by atoms with van der Waals surface area (Å²) in [5, 5.41) is 0. The molecule has 114 valence electrons. The van der Waals surface area contributed by atoms with Crippen molar-refractivity contribution in [2.75, 3.05) is 18.1 Å². The molecule has 1 heterocycles. The molecule has 0 spiro atoms. The van der Waals surface area contributed by atoms with Crippen LogP contribution >= 0.6 is 0 Å². The molecule has 0 saturated heterocycles. The van der Waals surface area contributed by atoms with Crippen molar-refractivity contribution < 1.29 is 9.53 Å². The maximum absolute atomic E-state index is 12.3. The molecule has 0 N–H and O–H groups in total. The fraction of sp³-hybridized carbons (Fsp3) is 0.316. The fourth-order valence-corrected chi connectivity index (χ4v) is 2.78. The summed E-state index contributed by atoms with van der Waals surface area (Å²) >= 11 is 0. The number of benzene rings is 2. The van der Waals surface area contributed by atoms with E-state index < -0.39 is 0 Å². The first-order chi connectivity index (χ1) is 10.7. The highest BCUT2D eigenvalue weighted by atomic mass is 16.5. The Morgan fingerprint density at radius 3 is 2.73 bits per heavy atom. The average molecular weight is 295 g/mol. The van der Waals surface area contributed by atoms with Gasteiger partial charge in [0.2, 0.25) is 5.91 Å². The molecule has 1 aliphatic heterocycles. The SMILES string of the molecule is Cc1ccc(OCCCC(=O)N2CCc3ccccc32)cc1. The van der Waals surface area contributed by atoms with Crippen molar-refractivity contribution in [1.29, 1.82) is 0 Å². The largest absolute Gasteiger partial charge is 0.494 e. The van der Waals surface area contributed by atoms with Gasteiger partial charge in [0.1, 0.15) is 5.75 Å². The second kappa shape index (κ2) is 6.65. The molecule has 3 nitrogen and oxygen atoms in total. The Morgan fingerprint density at radius 1 is 1.14 bits per heavy atom. The normalized spacial score (nSPS) is 13.0. The number of aryl methyl sites for hydroxylation is 1. The van der Waals surface area contributed by atoms with Gasteiger partial charge in [0.15, 0.2) is 0 Å². The van der Waals surface area contributed by atoms with E-state index in [1.54, 1.807) is 0 Å². The number of hydrogen-bond acceptors (Lipinski definition) is 2. The van der Waals surface area contributed by atoms with Crippen LogP contribution in [-0.2, 0) is 11.2 Å². The van der Waals surface area contributed by atoms with Crippen LogP contribution in [0.5, 0.6) is 5.75 Å². The van der Waals surface area contributed by atoms with Crippen LogP contribution < -0.4 is 9.64 Å². The molecule has 0 saturated carbocycles. The highest BCUT2D eigenvalue weighted by Crippen LogP contribution is 2.28. The number of hydrogen-bond donors (Lipinski definition) is 0. The molecule has 22 heavy (non-hydrogen) atoms. The van der Waals surface area contributed by atoms with Crippen LogP contribution in [0.3, 0.4) is 0 Å². The van der Waals surface area contributed by atoms with Gasteiger partial charge in [-0.1, -0.05) is 35.9 Å². The maximum atomic E-state index is 12.3. The number of ether oxygens (including phenoxy) is 1. The van der Waals surface area contributed by atoms with E-state index in [4.69, 9.17) is 4.74 Å². The molecule has 1 amide bonds. The van der Waals surface area contributed by atoms with Crippen LogP contribution in [0.2, 0.25) is 0 Å². The van der Waals surface area contributed by atoms with E-state index in [1.807, 2.05) is 47.4 Å². The third-order valence-electron chi connectivity index (χ3n) is 4.01. The Bertz CT molecular complexity index is 649. The summed E-state index contributed by atoms with van der Waals surface area (Å²) in [6.07, 6.45) is 2.23. The molecule has 0 aliphatic carbocycles. The van der Waals surface area contributed by atoms with E-state index >= 15 is 0 Å². The number of carbonyl (C=O) groups excluding carboxylic acids is 1. The van der Waals surface area contributed by atoms with E-state index in [-0.39, 0.29) is 5.91 Å². The van der Waals surface area contributed by atoms with Gasteiger partial charge in [0, 0.05) is 18.7 Å².